The molecule has 0 radical (unpaired) electrons. The highest BCUT2D eigenvalue weighted by molar-refractivity contribution is 5.76. The largest absolute Gasteiger partial charge is 0.394 e. The molecule has 538 valence electrons. The molecular weight excluding hydrogens is 1170 g/mol. The van der Waals surface area contributed by atoms with Crippen LogP contribution in [0, 0.1) is 0 Å². The molecule has 0 bridgehead atoms. The summed E-state index contributed by atoms with van der Waals surface area (Å²) in [5, 5.41) is 121. The van der Waals surface area contributed by atoms with E-state index in [9.17, 15) is 61.0 Å². The third kappa shape index (κ3) is 36.1. The Morgan fingerprint density at radius 3 is 1.07 bits per heavy atom. The van der Waals surface area contributed by atoms with Crippen LogP contribution in [0.5, 0.6) is 0 Å². The molecule has 17 unspecified atom stereocenters. The maximum absolute atomic E-state index is 13.4. The summed E-state index contributed by atoms with van der Waals surface area (Å²) in [6, 6.07) is -0.889. The van der Waals surface area contributed by atoms with E-state index in [4.69, 9.17) is 28.4 Å². The summed E-state index contributed by atoms with van der Waals surface area (Å²) in [6.07, 6.45) is 34.5. The predicted molar refractivity (Wildman–Crippen MR) is 356 cm³/mol. The lowest BCUT2D eigenvalue weighted by Crippen LogP contribution is -2.66. The van der Waals surface area contributed by atoms with Gasteiger partial charge in [0.1, 0.15) is 73.2 Å². The van der Waals surface area contributed by atoms with Gasteiger partial charge in [-0.2, -0.15) is 0 Å². The minimum Gasteiger partial charge on any atom is -0.394 e. The number of allylic oxidation sites excluding steroid dienone is 2. The average molecular weight is 1300 g/mol. The summed E-state index contributed by atoms with van der Waals surface area (Å²) in [7, 11) is 0. The zero-order chi connectivity index (χ0) is 66.1. The average Bonchev–Trinajstić information content (AvgIpc) is 0.883. The molecule has 0 spiro atoms. The lowest BCUT2D eigenvalue weighted by atomic mass is 9.96. The standard InChI is InChI=1S/C72H137NO18/c1-3-5-7-9-11-13-15-17-19-20-21-22-23-24-25-26-27-28-29-30-31-32-33-34-36-37-39-41-43-45-47-49-56(77)55(73-60(78)50-48-46-44-42-40-38-35-18-16-14-12-10-8-6-4-2)54-86-70-66(84)63(81)68(58(52-75)88-70)91-72-67(85)64(82)69(59(53-76)89-72)90-71-65(83)62(80)61(79)57(51-74)87-71/h18,35,55-59,61-72,74-77,79-85H,3-17,19-34,36-54H2,1-2H3,(H,73,78)/b35-18-. The Hall–Kier alpha value is -1.47. The number of hydrogen-bond donors (Lipinski definition) is 12. The summed E-state index contributed by atoms with van der Waals surface area (Å²) in [4.78, 5) is 13.4. The molecule has 0 saturated carbocycles. The highest BCUT2D eigenvalue weighted by atomic mass is 16.8. The van der Waals surface area contributed by atoms with Crippen molar-refractivity contribution in [2.75, 3.05) is 26.4 Å². The Labute approximate surface area is 550 Å². The lowest BCUT2D eigenvalue weighted by Gasteiger charge is -2.48. The molecule has 17 atom stereocenters. The zero-order valence-corrected chi connectivity index (χ0v) is 57.1. The van der Waals surface area contributed by atoms with Crippen molar-refractivity contribution in [1.82, 2.24) is 5.32 Å². The van der Waals surface area contributed by atoms with Crippen molar-refractivity contribution >= 4 is 5.91 Å². The molecule has 0 aliphatic carbocycles. The molecule has 3 fully saturated rings. The van der Waals surface area contributed by atoms with E-state index in [2.05, 4.69) is 31.3 Å². The molecule has 0 aromatic carbocycles. The van der Waals surface area contributed by atoms with Crippen molar-refractivity contribution in [2.45, 2.75) is 413 Å². The van der Waals surface area contributed by atoms with Gasteiger partial charge in [0.15, 0.2) is 18.9 Å². The first-order chi connectivity index (χ1) is 44.3. The van der Waals surface area contributed by atoms with Gasteiger partial charge >= 0.3 is 0 Å². The van der Waals surface area contributed by atoms with Crippen LogP contribution in [0.15, 0.2) is 12.2 Å². The van der Waals surface area contributed by atoms with Crippen LogP contribution in [0.3, 0.4) is 0 Å². The maximum atomic E-state index is 13.4. The van der Waals surface area contributed by atoms with Crippen LogP contribution < -0.4 is 5.32 Å². The topological polar surface area (TPSA) is 307 Å². The number of carbonyl (C=O) groups excluding carboxylic acids is 1. The fourth-order valence-corrected chi connectivity index (χ4v) is 13.0. The molecule has 0 aromatic rings. The van der Waals surface area contributed by atoms with Crippen molar-refractivity contribution in [1.29, 1.82) is 0 Å². The van der Waals surface area contributed by atoms with Gasteiger partial charge in [0.25, 0.3) is 0 Å². The van der Waals surface area contributed by atoms with E-state index in [1.165, 1.54) is 212 Å². The Kier molecular flexibility index (Phi) is 50.2. The Morgan fingerprint density at radius 2 is 0.692 bits per heavy atom. The minimum atomic E-state index is -1.97. The predicted octanol–water partition coefficient (Wildman–Crippen LogP) is 10.8. The highest BCUT2D eigenvalue weighted by Crippen LogP contribution is 2.33. The first-order valence-electron chi connectivity index (χ1n) is 37.4. The quantitative estimate of drug-likeness (QED) is 0.0199. The number of rotatable bonds is 59. The maximum Gasteiger partial charge on any atom is 0.220 e. The van der Waals surface area contributed by atoms with Gasteiger partial charge in [0.05, 0.1) is 38.6 Å². The van der Waals surface area contributed by atoms with Crippen molar-refractivity contribution < 1.29 is 89.4 Å². The monoisotopic (exact) mass is 1300 g/mol. The van der Waals surface area contributed by atoms with Gasteiger partial charge in [-0.3, -0.25) is 4.79 Å². The lowest BCUT2D eigenvalue weighted by molar-refractivity contribution is -0.379. The van der Waals surface area contributed by atoms with Crippen LogP contribution in [0.4, 0.5) is 0 Å². The van der Waals surface area contributed by atoms with Gasteiger partial charge in [0.2, 0.25) is 5.91 Å². The van der Waals surface area contributed by atoms with Crippen LogP contribution in [-0.2, 0) is 33.2 Å². The van der Waals surface area contributed by atoms with Gasteiger partial charge in [0, 0.05) is 6.42 Å². The van der Waals surface area contributed by atoms with Crippen LogP contribution in [0.25, 0.3) is 0 Å². The molecule has 1 amide bonds. The molecule has 3 saturated heterocycles. The summed E-state index contributed by atoms with van der Waals surface area (Å²) in [5.41, 5.74) is 0. The molecule has 3 rings (SSSR count). The van der Waals surface area contributed by atoms with Crippen LogP contribution in [0.2, 0.25) is 0 Å². The normalized spacial score (nSPS) is 27.9. The molecule has 3 heterocycles. The number of aliphatic hydroxyl groups excluding tert-OH is 11. The number of carbonyl (C=O) groups is 1. The summed E-state index contributed by atoms with van der Waals surface area (Å²) < 4.78 is 34.4. The van der Waals surface area contributed by atoms with Crippen molar-refractivity contribution in [3.8, 4) is 0 Å². The first kappa shape index (κ1) is 83.8. The molecule has 91 heavy (non-hydrogen) atoms. The third-order valence-corrected chi connectivity index (χ3v) is 19.1. The minimum absolute atomic E-state index is 0.247. The van der Waals surface area contributed by atoms with Gasteiger partial charge < -0.3 is 89.9 Å². The molecule has 0 aromatic heterocycles. The van der Waals surface area contributed by atoms with E-state index in [1.807, 2.05) is 0 Å². The highest BCUT2D eigenvalue weighted by Gasteiger charge is 2.53. The van der Waals surface area contributed by atoms with Crippen molar-refractivity contribution in [2.24, 2.45) is 0 Å². The number of amides is 1. The number of ether oxygens (including phenoxy) is 6. The molecule has 3 aliphatic rings. The van der Waals surface area contributed by atoms with E-state index in [1.54, 1.807) is 0 Å². The molecule has 19 heteroatoms. The number of nitrogens with one attached hydrogen (secondary N) is 1. The fraction of sp³-hybridized carbons (Fsp3) is 0.958. The van der Waals surface area contributed by atoms with Crippen LogP contribution in [0.1, 0.15) is 309 Å². The fourth-order valence-electron chi connectivity index (χ4n) is 13.0. The van der Waals surface area contributed by atoms with E-state index < -0.39 is 124 Å². The Morgan fingerprint density at radius 1 is 0.385 bits per heavy atom. The SMILES string of the molecule is CCCCCCCC/C=C\CCCCCCCC(=O)NC(COC1OC(CO)C(OC2OC(CO)C(OC3OC(CO)C(O)C(O)C3O)C(O)C2O)C(O)C1O)C(O)CCCCCCCCCCCCCCCCCCCCCCCCCCCCCCCCC. The zero-order valence-electron chi connectivity index (χ0n) is 57.1. The van der Waals surface area contributed by atoms with Crippen molar-refractivity contribution in [3.63, 3.8) is 0 Å². The summed E-state index contributed by atoms with van der Waals surface area (Å²) >= 11 is 0. The second kappa shape index (κ2) is 54.5. The first-order valence-corrected chi connectivity index (χ1v) is 37.4. The van der Waals surface area contributed by atoms with E-state index >= 15 is 0 Å². The van der Waals surface area contributed by atoms with E-state index in [0.717, 1.165) is 64.2 Å². The molecule has 19 nitrogen and oxygen atoms in total. The smallest absolute Gasteiger partial charge is 0.220 e. The second-order valence-electron chi connectivity index (χ2n) is 27.1. The second-order valence-corrected chi connectivity index (χ2v) is 27.1. The molecule has 3 aliphatic heterocycles. The Balaban J connectivity index is 1.36. The number of unbranched alkanes of at least 4 members (excludes halogenated alkanes) is 41. The van der Waals surface area contributed by atoms with E-state index in [-0.39, 0.29) is 18.9 Å². The number of hydrogen-bond acceptors (Lipinski definition) is 18. The van der Waals surface area contributed by atoms with Crippen molar-refractivity contribution in [3.05, 3.63) is 12.2 Å². The summed E-state index contributed by atoms with van der Waals surface area (Å²) in [6.45, 7) is 1.82. The van der Waals surface area contributed by atoms with Gasteiger partial charge in [-0.05, 0) is 38.5 Å². The van der Waals surface area contributed by atoms with Crippen LogP contribution in [-0.4, -0.2) is 193 Å². The van der Waals surface area contributed by atoms with Crippen LogP contribution >= 0.6 is 0 Å². The Bertz CT molecular complexity index is 1700. The van der Waals surface area contributed by atoms with Gasteiger partial charge in [-0.25, -0.2) is 0 Å². The van der Waals surface area contributed by atoms with Gasteiger partial charge in [-0.1, -0.05) is 276 Å². The summed E-state index contributed by atoms with van der Waals surface area (Å²) in [5.74, 6) is -0.247. The van der Waals surface area contributed by atoms with Gasteiger partial charge in [-0.15, -0.1) is 0 Å². The molecular formula is C72H137NO18. The number of aliphatic hydroxyl groups is 11. The third-order valence-electron chi connectivity index (χ3n) is 19.1. The molecule has 12 N–H and O–H groups in total. The van der Waals surface area contributed by atoms with E-state index in [0.29, 0.717) is 12.8 Å².